The highest BCUT2D eigenvalue weighted by Gasteiger charge is 2.27. The zero-order valence-corrected chi connectivity index (χ0v) is 12.3. The molecule has 0 bridgehead atoms. The third-order valence-corrected chi connectivity index (χ3v) is 3.99. The second-order valence-electron chi connectivity index (χ2n) is 4.99. The minimum absolute atomic E-state index is 0.00841. The van der Waals surface area contributed by atoms with Crippen molar-refractivity contribution in [3.8, 4) is 0 Å². The largest absolute Gasteiger partial charge is 0.330 e. The van der Waals surface area contributed by atoms with E-state index in [1.807, 2.05) is 24.3 Å². The Morgan fingerprint density at radius 2 is 2.25 bits per heavy atom. The maximum atomic E-state index is 11.4. The standard InChI is InChI=1S/C14H16N4OS/c1-9(19)18(2)12-5-3-4-11(8-12)15-14-16-13(17-20-14)10-6-7-10/h3-5,8,10H,6-7H2,1-2H3,(H,15,16,17). The smallest absolute Gasteiger partial charge is 0.223 e. The molecule has 0 radical (unpaired) electrons. The van der Waals surface area contributed by atoms with Gasteiger partial charge in [0.15, 0.2) is 0 Å². The number of aromatic nitrogens is 2. The Morgan fingerprint density at radius 1 is 1.45 bits per heavy atom. The average molecular weight is 288 g/mol. The van der Waals surface area contributed by atoms with Crippen LogP contribution in [0.2, 0.25) is 0 Å². The second kappa shape index (κ2) is 5.20. The van der Waals surface area contributed by atoms with Crippen LogP contribution in [0, 0.1) is 0 Å². The Hall–Kier alpha value is -1.95. The Bertz CT molecular complexity index is 636. The number of amides is 1. The lowest BCUT2D eigenvalue weighted by atomic mass is 10.2. The van der Waals surface area contributed by atoms with E-state index >= 15 is 0 Å². The summed E-state index contributed by atoms with van der Waals surface area (Å²) in [5.41, 5.74) is 1.77. The van der Waals surface area contributed by atoms with Crippen molar-refractivity contribution in [1.29, 1.82) is 0 Å². The van der Waals surface area contributed by atoms with Crippen molar-refractivity contribution in [2.24, 2.45) is 0 Å². The summed E-state index contributed by atoms with van der Waals surface area (Å²) in [4.78, 5) is 17.5. The average Bonchev–Trinajstić information content (AvgIpc) is 3.19. The van der Waals surface area contributed by atoms with Gasteiger partial charge in [-0.1, -0.05) is 6.07 Å². The van der Waals surface area contributed by atoms with Gasteiger partial charge in [-0.05, 0) is 31.0 Å². The fourth-order valence-electron chi connectivity index (χ4n) is 1.89. The lowest BCUT2D eigenvalue weighted by Gasteiger charge is -2.15. The highest BCUT2D eigenvalue weighted by Crippen LogP contribution is 2.39. The number of benzene rings is 1. The van der Waals surface area contributed by atoms with Crippen LogP contribution < -0.4 is 10.2 Å². The Balaban J connectivity index is 1.76. The topological polar surface area (TPSA) is 58.1 Å². The Kier molecular flexibility index (Phi) is 3.40. The predicted molar refractivity (Wildman–Crippen MR) is 80.7 cm³/mol. The molecular formula is C14H16N4OS. The molecule has 1 aliphatic carbocycles. The van der Waals surface area contributed by atoms with Gasteiger partial charge in [0.05, 0.1) is 0 Å². The summed E-state index contributed by atoms with van der Waals surface area (Å²) >= 11 is 1.38. The van der Waals surface area contributed by atoms with E-state index in [2.05, 4.69) is 14.7 Å². The molecule has 1 fully saturated rings. The first-order valence-corrected chi connectivity index (χ1v) is 7.36. The number of carbonyl (C=O) groups is 1. The van der Waals surface area contributed by atoms with Gasteiger partial charge in [-0.15, -0.1) is 0 Å². The van der Waals surface area contributed by atoms with Crippen molar-refractivity contribution in [3.05, 3.63) is 30.1 Å². The van der Waals surface area contributed by atoms with E-state index in [0.29, 0.717) is 5.92 Å². The predicted octanol–water partition coefficient (Wildman–Crippen LogP) is 3.14. The van der Waals surface area contributed by atoms with Crippen molar-refractivity contribution >= 4 is 33.9 Å². The van der Waals surface area contributed by atoms with Crippen LogP contribution in [0.1, 0.15) is 31.5 Å². The molecule has 0 spiro atoms. The lowest BCUT2D eigenvalue weighted by Crippen LogP contribution is -2.22. The molecule has 1 saturated carbocycles. The third-order valence-electron chi connectivity index (χ3n) is 3.34. The zero-order valence-electron chi connectivity index (χ0n) is 11.5. The molecule has 0 saturated heterocycles. The molecule has 1 aromatic heterocycles. The molecule has 5 nitrogen and oxygen atoms in total. The molecule has 104 valence electrons. The van der Waals surface area contributed by atoms with Crippen LogP contribution in [-0.2, 0) is 4.79 Å². The number of nitrogens with one attached hydrogen (secondary N) is 1. The number of hydrogen-bond acceptors (Lipinski definition) is 5. The van der Waals surface area contributed by atoms with E-state index in [1.54, 1.807) is 18.9 Å². The van der Waals surface area contributed by atoms with Crippen LogP contribution in [0.4, 0.5) is 16.5 Å². The first-order chi connectivity index (χ1) is 9.63. The minimum Gasteiger partial charge on any atom is -0.330 e. The van der Waals surface area contributed by atoms with Gasteiger partial charge < -0.3 is 10.2 Å². The molecule has 1 heterocycles. The number of rotatable bonds is 4. The highest BCUT2D eigenvalue weighted by molar-refractivity contribution is 7.09. The van der Waals surface area contributed by atoms with Crippen LogP contribution in [0.25, 0.3) is 0 Å². The van der Waals surface area contributed by atoms with Crippen molar-refractivity contribution in [2.75, 3.05) is 17.3 Å². The summed E-state index contributed by atoms with van der Waals surface area (Å²) in [6, 6.07) is 7.71. The van der Waals surface area contributed by atoms with Crippen LogP contribution >= 0.6 is 11.5 Å². The Labute approximate surface area is 121 Å². The molecule has 3 rings (SSSR count). The first kappa shape index (κ1) is 13.1. The highest BCUT2D eigenvalue weighted by atomic mass is 32.1. The summed E-state index contributed by atoms with van der Waals surface area (Å²) in [5, 5.41) is 4.05. The van der Waals surface area contributed by atoms with Gasteiger partial charge >= 0.3 is 0 Å². The summed E-state index contributed by atoms with van der Waals surface area (Å²) in [5.74, 6) is 1.53. The van der Waals surface area contributed by atoms with E-state index in [0.717, 1.165) is 22.3 Å². The normalized spacial score (nSPS) is 14.1. The van der Waals surface area contributed by atoms with E-state index in [4.69, 9.17) is 0 Å². The van der Waals surface area contributed by atoms with E-state index in [9.17, 15) is 4.79 Å². The minimum atomic E-state index is 0.00841. The van der Waals surface area contributed by atoms with Crippen molar-refractivity contribution in [2.45, 2.75) is 25.7 Å². The quantitative estimate of drug-likeness (QED) is 0.939. The summed E-state index contributed by atoms with van der Waals surface area (Å²) in [7, 11) is 1.76. The van der Waals surface area contributed by atoms with Gasteiger partial charge in [0, 0.05) is 42.8 Å². The van der Waals surface area contributed by atoms with Gasteiger partial charge in [0.25, 0.3) is 0 Å². The van der Waals surface area contributed by atoms with Gasteiger partial charge in [0.1, 0.15) is 5.82 Å². The number of anilines is 3. The van der Waals surface area contributed by atoms with Crippen molar-refractivity contribution in [1.82, 2.24) is 9.36 Å². The SMILES string of the molecule is CC(=O)N(C)c1cccc(Nc2nc(C3CC3)ns2)c1. The van der Waals surface area contributed by atoms with Gasteiger partial charge in [-0.3, -0.25) is 4.79 Å². The second-order valence-corrected chi connectivity index (χ2v) is 5.74. The van der Waals surface area contributed by atoms with Crippen LogP contribution in [0.3, 0.4) is 0 Å². The van der Waals surface area contributed by atoms with Crippen molar-refractivity contribution < 1.29 is 4.79 Å². The van der Waals surface area contributed by atoms with Crippen LogP contribution in [0.15, 0.2) is 24.3 Å². The lowest BCUT2D eigenvalue weighted by molar-refractivity contribution is -0.116. The number of hydrogen-bond donors (Lipinski definition) is 1. The fourth-order valence-corrected chi connectivity index (χ4v) is 2.56. The maximum absolute atomic E-state index is 11.4. The molecule has 6 heteroatoms. The molecule has 1 N–H and O–H groups in total. The van der Waals surface area contributed by atoms with Gasteiger partial charge in [0.2, 0.25) is 11.0 Å². The zero-order chi connectivity index (χ0) is 14.1. The number of carbonyl (C=O) groups excluding carboxylic acids is 1. The third kappa shape index (κ3) is 2.80. The molecule has 1 amide bonds. The van der Waals surface area contributed by atoms with E-state index < -0.39 is 0 Å². The molecule has 0 atom stereocenters. The molecule has 2 aromatic rings. The van der Waals surface area contributed by atoms with Gasteiger partial charge in [-0.2, -0.15) is 4.37 Å². The maximum Gasteiger partial charge on any atom is 0.223 e. The molecule has 1 aliphatic rings. The Morgan fingerprint density at radius 3 is 2.95 bits per heavy atom. The molecule has 0 unspecified atom stereocenters. The molecule has 20 heavy (non-hydrogen) atoms. The first-order valence-electron chi connectivity index (χ1n) is 6.58. The summed E-state index contributed by atoms with van der Waals surface area (Å²) in [6.07, 6.45) is 2.41. The molecular weight excluding hydrogens is 272 g/mol. The van der Waals surface area contributed by atoms with Crippen molar-refractivity contribution in [3.63, 3.8) is 0 Å². The van der Waals surface area contributed by atoms with Gasteiger partial charge in [-0.25, -0.2) is 4.98 Å². The summed E-state index contributed by atoms with van der Waals surface area (Å²) < 4.78 is 4.36. The van der Waals surface area contributed by atoms with E-state index in [-0.39, 0.29) is 5.91 Å². The van der Waals surface area contributed by atoms with E-state index in [1.165, 1.54) is 24.4 Å². The fraction of sp³-hybridized carbons (Fsp3) is 0.357. The van der Waals surface area contributed by atoms with Crippen LogP contribution in [0.5, 0.6) is 0 Å². The molecule has 0 aliphatic heterocycles. The number of nitrogens with zero attached hydrogens (tertiary/aromatic N) is 3. The molecule has 1 aromatic carbocycles. The monoisotopic (exact) mass is 288 g/mol. The van der Waals surface area contributed by atoms with Crippen LogP contribution in [-0.4, -0.2) is 22.3 Å². The summed E-state index contributed by atoms with van der Waals surface area (Å²) in [6.45, 7) is 1.55.